The molecule has 2 N–H and O–H groups in total. The van der Waals surface area contributed by atoms with Crippen LogP contribution in [0.5, 0.6) is 0 Å². The van der Waals surface area contributed by atoms with E-state index in [4.69, 9.17) is 0 Å². The lowest BCUT2D eigenvalue weighted by atomic mass is 10.0. The van der Waals surface area contributed by atoms with Crippen molar-refractivity contribution in [2.75, 3.05) is 24.6 Å². The Morgan fingerprint density at radius 2 is 2.22 bits per heavy atom. The van der Waals surface area contributed by atoms with Crippen molar-refractivity contribution in [1.29, 1.82) is 0 Å². The van der Waals surface area contributed by atoms with E-state index in [9.17, 15) is 9.00 Å². The van der Waals surface area contributed by atoms with Crippen molar-refractivity contribution in [2.45, 2.75) is 19.0 Å². The Balaban J connectivity index is 1.65. The zero-order chi connectivity index (χ0) is 12.5. The molecule has 3 rings (SSSR count). The summed E-state index contributed by atoms with van der Waals surface area (Å²) in [6, 6.07) is -0.188. The SMILES string of the molecule is O=C(C1Cc2nc[nH]c2CN1)N1CCS(=O)CC1. The van der Waals surface area contributed by atoms with Crippen molar-refractivity contribution in [2.24, 2.45) is 0 Å². The quantitative estimate of drug-likeness (QED) is 0.686. The van der Waals surface area contributed by atoms with Crippen LogP contribution in [0.25, 0.3) is 0 Å². The molecule has 0 radical (unpaired) electrons. The molecule has 0 aliphatic carbocycles. The molecule has 2 aliphatic heterocycles. The van der Waals surface area contributed by atoms with E-state index in [1.54, 1.807) is 6.33 Å². The summed E-state index contributed by atoms with van der Waals surface area (Å²) in [5.41, 5.74) is 2.05. The molecule has 3 heterocycles. The lowest BCUT2D eigenvalue weighted by Gasteiger charge is -2.31. The fourth-order valence-corrected chi connectivity index (χ4v) is 3.47. The first-order valence-corrected chi connectivity index (χ1v) is 7.61. The zero-order valence-corrected chi connectivity index (χ0v) is 10.8. The van der Waals surface area contributed by atoms with Crippen molar-refractivity contribution in [1.82, 2.24) is 20.2 Å². The molecular weight excluding hydrogens is 252 g/mol. The highest BCUT2D eigenvalue weighted by Gasteiger charge is 2.30. The molecule has 1 aromatic rings. The molecule has 1 amide bonds. The van der Waals surface area contributed by atoms with Gasteiger partial charge < -0.3 is 9.88 Å². The maximum absolute atomic E-state index is 12.3. The molecule has 1 fully saturated rings. The molecule has 6 nitrogen and oxygen atoms in total. The van der Waals surface area contributed by atoms with Gasteiger partial charge in [-0.2, -0.15) is 0 Å². The van der Waals surface area contributed by atoms with Gasteiger partial charge in [-0.1, -0.05) is 0 Å². The Labute approximate surface area is 108 Å². The molecule has 2 aliphatic rings. The Morgan fingerprint density at radius 3 is 3.00 bits per heavy atom. The van der Waals surface area contributed by atoms with Crippen LogP contribution in [-0.2, 0) is 28.6 Å². The number of H-pyrrole nitrogens is 1. The molecule has 0 bridgehead atoms. The van der Waals surface area contributed by atoms with Gasteiger partial charge in [0.05, 0.1) is 23.8 Å². The zero-order valence-electron chi connectivity index (χ0n) is 10.0. The minimum atomic E-state index is -0.744. The first kappa shape index (κ1) is 11.9. The third kappa shape index (κ3) is 2.20. The second kappa shape index (κ2) is 4.81. The van der Waals surface area contributed by atoms with Gasteiger partial charge in [-0.05, 0) is 0 Å². The van der Waals surface area contributed by atoms with Crippen molar-refractivity contribution >= 4 is 16.7 Å². The van der Waals surface area contributed by atoms with Gasteiger partial charge in [-0.3, -0.25) is 14.3 Å². The number of nitrogens with one attached hydrogen (secondary N) is 2. The highest BCUT2D eigenvalue weighted by Crippen LogP contribution is 2.14. The Morgan fingerprint density at radius 1 is 1.44 bits per heavy atom. The van der Waals surface area contributed by atoms with Crippen LogP contribution in [0.1, 0.15) is 11.4 Å². The van der Waals surface area contributed by atoms with Gasteiger partial charge >= 0.3 is 0 Å². The minimum Gasteiger partial charge on any atom is -0.347 e. The lowest BCUT2D eigenvalue weighted by molar-refractivity contribution is -0.133. The summed E-state index contributed by atoms with van der Waals surface area (Å²) in [5, 5.41) is 3.23. The smallest absolute Gasteiger partial charge is 0.240 e. The molecule has 7 heteroatoms. The number of aromatic nitrogens is 2. The standard InChI is InChI=1S/C11H16N4O2S/c16-11(15-1-3-18(17)4-2-15)9-5-8-10(6-12-9)14-7-13-8/h7,9,12H,1-6H2,(H,13,14). The molecular formula is C11H16N4O2S. The highest BCUT2D eigenvalue weighted by atomic mass is 32.2. The predicted octanol–water partition coefficient (Wildman–Crippen LogP) is -0.985. The molecule has 1 saturated heterocycles. The second-order valence-electron chi connectivity index (χ2n) is 4.64. The topological polar surface area (TPSA) is 78.1 Å². The van der Waals surface area contributed by atoms with Crippen LogP contribution >= 0.6 is 0 Å². The fourth-order valence-electron chi connectivity index (χ4n) is 2.42. The summed E-state index contributed by atoms with van der Waals surface area (Å²) in [5.74, 6) is 1.32. The minimum absolute atomic E-state index is 0.111. The van der Waals surface area contributed by atoms with E-state index in [1.165, 1.54) is 0 Å². The Kier molecular flexibility index (Phi) is 3.17. The molecule has 1 unspecified atom stereocenters. The maximum Gasteiger partial charge on any atom is 0.240 e. The van der Waals surface area contributed by atoms with Crippen LogP contribution in [0.2, 0.25) is 0 Å². The van der Waals surface area contributed by atoms with E-state index in [0.29, 0.717) is 37.6 Å². The number of aromatic amines is 1. The molecule has 18 heavy (non-hydrogen) atoms. The number of carbonyl (C=O) groups is 1. The number of carbonyl (C=O) groups excluding carboxylic acids is 1. The monoisotopic (exact) mass is 268 g/mol. The van der Waals surface area contributed by atoms with Crippen molar-refractivity contribution < 1.29 is 9.00 Å². The fraction of sp³-hybridized carbons (Fsp3) is 0.636. The van der Waals surface area contributed by atoms with Crippen molar-refractivity contribution in [3.8, 4) is 0 Å². The number of hydrogen-bond donors (Lipinski definition) is 2. The molecule has 0 spiro atoms. The molecule has 1 aromatic heterocycles. The molecule has 0 saturated carbocycles. The number of imidazole rings is 1. The van der Waals surface area contributed by atoms with Crippen LogP contribution in [0.4, 0.5) is 0 Å². The van der Waals surface area contributed by atoms with E-state index >= 15 is 0 Å². The largest absolute Gasteiger partial charge is 0.347 e. The van der Waals surface area contributed by atoms with E-state index in [0.717, 1.165) is 11.4 Å². The third-order valence-corrected chi connectivity index (χ3v) is 4.79. The second-order valence-corrected chi connectivity index (χ2v) is 6.33. The maximum atomic E-state index is 12.3. The summed E-state index contributed by atoms with van der Waals surface area (Å²) in [4.78, 5) is 21.4. The summed E-state index contributed by atoms with van der Waals surface area (Å²) >= 11 is 0. The Hall–Kier alpha value is -1.21. The predicted molar refractivity (Wildman–Crippen MR) is 67.4 cm³/mol. The first-order chi connectivity index (χ1) is 8.74. The van der Waals surface area contributed by atoms with Crippen LogP contribution in [0, 0.1) is 0 Å². The van der Waals surface area contributed by atoms with E-state index in [-0.39, 0.29) is 11.9 Å². The van der Waals surface area contributed by atoms with Gasteiger partial charge in [0, 0.05) is 48.4 Å². The number of nitrogens with zero attached hydrogens (tertiary/aromatic N) is 2. The van der Waals surface area contributed by atoms with Gasteiger partial charge in [0.1, 0.15) is 0 Å². The number of fused-ring (bicyclic) bond motifs is 1. The van der Waals surface area contributed by atoms with Crippen molar-refractivity contribution in [3.05, 3.63) is 17.7 Å². The van der Waals surface area contributed by atoms with Crippen LogP contribution in [-0.4, -0.2) is 55.6 Å². The van der Waals surface area contributed by atoms with E-state index < -0.39 is 10.8 Å². The van der Waals surface area contributed by atoms with Gasteiger partial charge in [-0.25, -0.2) is 4.98 Å². The number of rotatable bonds is 1. The molecule has 1 atom stereocenters. The van der Waals surface area contributed by atoms with Crippen molar-refractivity contribution in [3.63, 3.8) is 0 Å². The number of amides is 1. The van der Waals surface area contributed by atoms with Crippen LogP contribution in [0.3, 0.4) is 0 Å². The molecule has 98 valence electrons. The third-order valence-electron chi connectivity index (χ3n) is 3.52. The lowest BCUT2D eigenvalue weighted by Crippen LogP contribution is -2.52. The summed E-state index contributed by atoms with van der Waals surface area (Å²) in [6.07, 6.45) is 2.31. The van der Waals surface area contributed by atoms with Gasteiger partial charge in [0.25, 0.3) is 0 Å². The number of hydrogen-bond acceptors (Lipinski definition) is 4. The first-order valence-electron chi connectivity index (χ1n) is 6.12. The summed E-state index contributed by atoms with van der Waals surface area (Å²) in [6.45, 7) is 1.87. The average molecular weight is 268 g/mol. The van der Waals surface area contributed by atoms with E-state index in [1.807, 2.05) is 4.90 Å². The summed E-state index contributed by atoms with van der Waals surface area (Å²) < 4.78 is 11.3. The van der Waals surface area contributed by atoms with Crippen LogP contribution in [0.15, 0.2) is 6.33 Å². The average Bonchev–Trinajstić information content (AvgIpc) is 2.86. The van der Waals surface area contributed by atoms with Gasteiger partial charge in [0.15, 0.2) is 0 Å². The summed E-state index contributed by atoms with van der Waals surface area (Å²) in [7, 11) is -0.744. The van der Waals surface area contributed by atoms with E-state index in [2.05, 4.69) is 15.3 Å². The normalized spacial score (nSPS) is 24.9. The Bertz CT molecular complexity index is 477. The van der Waals surface area contributed by atoms with Crippen LogP contribution < -0.4 is 5.32 Å². The van der Waals surface area contributed by atoms with Gasteiger partial charge in [0.2, 0.25) is 5.91 Å². The van der Waals surface area contributed by atoms with Gasteiger partial charge in [-0.15, -0.1) is 0 Å². The highest BCUT2D eigenvalue weighted by molar-refractivity contribution is 7.85. The molecule has 0 aromatic carbocycles.